The molecule has 1 N–H and O–H groups in total. The number of aryl methyl sites for hydroxylation is 1. The molecule has 0 unspecified atom stereocenters. The minimum Gasteiger partial charge on any atom is -0.490 e. The fourth-order valence-corrected chi connectivity index (χ4v) is 2.99. The monoisotopic (exact) mass is 463 g/mol. The van der Waals surface area contributed by atoms with Crippen LogP contribution in [-0.2, 0) is 14.3 Å². The summed E-state index contributed by atoms with van der Waals surface area (Å²) in [6, 6.07) is 20.7. The number of esters is 2. The zero-order chi connectivity index (χ0) is 24.3. The lowest BCUT2D eigenvalue weighted by Gasteiger charge is -2.13. The molecule has 34 heavy (non-hydrogen) atoms. The Morgan fingerprint density at radius 3 is 2.29 bits per heavy atom. The molecule has 0 saturated carbocycles. The average molecular weight is 463 g/mol. The highest BCUT2D eigenvalue weighted by molar-refractivity contribution is 5.98. The third-order valence-corrected chi connectivity index (χ3v) is 4.73. The van der Waals surface area contributed by atoms with Crippen LogP contribution in [0.4, 0.5) is 5.69 Å². The SMILES string of the molecule is COC(=O)c1ccc(C)c(NC(=O)COC(=O)c2ccccc2OCCOc2ccccc2)c1. The van der Waals surface area contributed by atoms with Gasteiger partial charge in [0.1, 0.15) is 30.3 Å². The number of hydrogen-bond donors (Lipinski definition) is 1. The van der Waals surface area contributed by atoms with Gasteiger partial charge >= 0.3 is 11.9 Å². The molecule has 1 amide bonds. The Balaban J connectivity index is 1.53. The van der Waals surface area contributed by atoms with Crippen molar-refractivity contribution in [3.8, 4) is 11.5 Å². The van der Waals surface area contributed by atoms with Gasteiger partial charge in [-0.15, -0.1) is 0 Å². The zero-order valence-electron chi connectivity index (χ0n) is 18.9. The van der Waals surface area contributed by atoms with E-state index >= 15 is 0 Å². The number of carbonyl (C=O) groups excluding carboxylic acids is 3. The van der Waals surface area contributed by atoms with Gasteiger partial charge in [-0.05, 0) is 48.9 Å². The number of hydrogen-bond acceptors (Lipinski definition) is 7. The van der Waals surface area contributed by atoms with E-state index in [0.29, 0.717) is 23.6 Å². The second kappa shape index (κ2) is 12.1. The number of nitrogens with one attached hydrogen (secondary N) is 1. The molecule has 0 radical (unpaired) electrons. The molecule has 8 heteroatoms. The molecule has 3 aromatic rings. The van der Waals surface area contributed by atoms with Crippen molar-refractivity contribution in [1.82, 2.24) is 0 Å². The van der Waals surface area contributed by atoms with E-state index in [1.807, 2.05) is 30.3 Å². The molecule has 0 heterocycles. The molecule has 3 aromatic carbocycles. The molecule has 0 aromatic heterocycles. The van der Waals surface area contributed by atoms with Crippen molar-refractivity contribution < 1.29 is 33.3 Å². The van der Waals surface area contributed by atoms with Gasteiger partial charge in [0.05, 0.1) is 12.7 Å². The van der Waals surface area contributed by atoms with Crippen LogP contribution >= 0.6 is 0 Å². The molecule has 8 nitrogen and oxygen atoms in total. The van der Waals surface area contributed by atoms with E-state index in [0.717, 1.165) is 11.3 Å². The van der Waals surface area contributed by atoms with Crippen molar-refractivity contribution in [2.24, 2.45) is 0 Å². The number of carbonyl (C=O) groups is 3. The van der Waals surface area contributed by atoms with E-state index in [1.54, 1.807) is 43.3 Å². The summed E-state index contributed by atoms with van der Waals surface area (Å²) in [5, 5.41) is 2.64. The highest BCUT2D eigenvalue weighted by Crippen LogP contribution is 2.20. The summed E-state index contributed by atoms with van der Waals surface area (Å²) in [5.41, 5.74) is 1.65. The van der Waals surface area contributed by atoms with E-state index in [2.05, 4.69) is 5.32 Å². The summed E-state index contributed by atoms with van der Waals surface area (Å²) < 4.78 is 21.1. The van der Waals surface area contributed by atoms with E-state index < -0.39 is 24.5 Å². The predicted octanol–water partition coefficient (Wildman–Crippen LogP) is 4.03. The lowest BCUT2D eigenvalue weighted by molar-refractivity contribution is -0.119. The average Bonchev–Trinajstić information content (AvgIpc) is 2.87. The maximum atomic E-state index is 12.6. The predicted molar refractivity (Wildman–Crippen MR) is 125 cm³/mol. The first-order valence-corrected chi connectivity index (χ1v) is 10.5. The summed E-state index contributed by atoms with van der Waals surface area (Å²) in [6.07, 6.45) is 0. The van der Waals surface area contributed by atoms with Gasteiger partial charge in [-0.1, -0.05) is 36.4 Å². The maximum absolute atomic E-state index is 12.6. The van der Waals surface area contributed by atoms with Crippen LogP contribution in [0.25, 0.3) is 0 Å². The largest absolute Gasteiger partial charge is 0.490 e. The van der Waals surface area contributed by atoms with Gasteiger partial charge < -0.3 is 24.3 Å². The standard InChI is InChI=1S/C26H25NO7/c1-18-12-13-19(25(29)31-2)16-22(18)27-24(28)17-34-26(30)21-10-6-7-11-23(21)33-15-14-32-20-8-4-3-5-9-20/h3-13,16H,14-15,17H2,1-2H3,(H,27,28). The van der Waals surface area contributed by atoms with Crippen molar-refractivity contribution in [2.45, 2.75) is 6.92 Å². The van der Waals surface area contributed by atoms with E-state index in [-0.39, 0.29) is 12.2 Å². The second-order valence-electron chi connectivity index (χ2n) is 7.15. The molecule has 0 bridgehead atoms. The van der Waals surface area contributed by atoms with Gasteiger partial charge in [-0.3, -0.25) is 4.79 Å². The van der Waals surface area contributed by atoms with Crippen LogP contribution in [-0.4, -0.2) is 44.8 Å². The number of amides is 1. The normalized spacial score (nSPS) is 10.2. The number of rotatable bonds is 10. The Kier molecular flexibility index (Phi) is 8.62. The molecule has 0 aliphatic carbocycles. The minimum absolute atomic E-state index is 0.193. The van der Waals surface area contributed by atoms with Gasteiger partial charge in [-0.2, -0.15) is 0 Å². The Morgan fingerprint density at radius 2 is 1.53 bits per heavy atom. The number of para-hydroxylation sites is 2. The molecule has 0 spiro atoms. The summed E-state index contributed by atoms with van der Waals surface area (Å²) >= 11 is 0. The minimum atomic E-state index is -0.699. The third kappa shape index (κ3) is 6.83. The number of methoxy groups -OCH3 is 1. The first-order chi connectivity index (χ1) is 16.5. The highest BCUT2D eigenvalue weighted by atomic mass is 16.5. The summed E-state index contributed by atoms with van der Waals surface area (Å²) in [4.78, 5) is 36.6. The first kappa shape index (κ1) is 24.3. The molecule has 0 fully saturated rings. The summed E-state index contributed by atoms with van der Waals surface area (Å²) in [5.74, 6) is -0.723. The van der Waals surface area contributed by atoms with Crippen molar-refractivity contribution in [3.05, 3.63) is 89.5 Å². The highest BCUT2D eigenvalue weighted by Gasteiger charge is 2.16. The summed E-state index contributed by atoms with van der Waals surface area (Å²) in [6.45, 7) is 1.78. The van der Waals surface area contributed by atoms with Crippen LogP contribution in [0.2, 0.25) is 0 Å². The number of ether oxygens (including phenoxy) is 4. The summed E-state index contributed by atoms with van der Waals surface area (Å²) in [7, 11) is 1.28. The Hall–Kier alpha value is -4.33. The number of anilines is 1. The van der Waals surface area contributed by atoms with Gasteiger partial charge in [0, 0.05) is 5.69 Å². The molecule has 0 atom stereocenters. The van der Waals surface area contributed by atoms with Crippen LogP contribution in [0.5, 0.6) is 11.5 Å². The van der Waals surface area contributed by atoms with E-state index in [1.165, 1.54) is 13.2 Å². The fraction of sp³-hybridized carbons (Fsp3) is 0.192. The van der Waals surface area contributed by atoms with Gasteiger partial charge in [0.15, 0.2) is 6.61 Å². The van der Waals surface area contributed by atoms with Crippen molar-refractivity contribution in [3.63, 3.8) is 0 Å². The Bertz CT molecular complexity index is 1140. The smallest absolute Gasteiger partial charge is 0.342 e. The van der Waals surface area contributed by atoms with Crippen molar-refractivity contribution in [2.75, 3.05) is 32.2 Å². The fourth-order valence-electron chi connectivity index (χ4n) is 2.99. The van der Waals surface area contributed by atoms with Crippen LogP contribution in [0.15, 0.2) is 72.8 Å². The molecule has 0 aliphatic rings. The lowest BCUT2D eigenvalue weighted by Crippen LogP contribution is -2.22. The second-order valence-corrected chi connectivity index (χ2v) is 7.15. The van der Waals surface area contributed by atoms with Crippen LogP contribution in [0.3, 0.4) is 0 Å². The topological polar surface area (TPSA) is 100 Å². The third-order valence-electron chi connectivity index (χ3n) is 4.73. The lowest BCUT2D eigenvalue weighted by atomic mass is 10.1. The van der Waals surface area contributed by atoms with Crippen LogP contribution in [0.1, 0.15) is 26.3 Å². The van der Waals surface area contributed by atoms with Crippen molar-refractivity contribution >= 4 is 23.5 Å². The van der Waals surface area contributed by atoms with Gasteiger partial charge in [-0.25, -0.2) is 9.59 Å². The van der Waals surface area contributed by atoms with E-state index in [9.17, 15) is 14.4 Å². The number of benzene rings is 3. The Morgan fingerprint density at radius 1 is 0.824 bits per heavy atom. The Labute approximate surface area is 197 Å². The van der Waals surface area contributed by atoms with Gasteiger partial charge in [0.2, 0.25) is 0 Å². The van der Waals surface area contributed by atoms with Crippen LogP contribution < -0.4 is 14.8 Å². The van der Waals surface area contributed by atoms with Crippen LogP contribution in [0, 0.1) is 6.92 Å². The van der Waals surface area contributed by atoms with Crippen molar-refractivity contribution in [1.29, 1.82) is 0 Å². The first-order valence-electron chi connectivity index (χ1n) is 10.5. The molecular formula is C26H25NO7. The molecule has 0 aliphatic heterocycles. The molecular weight excluding hydrogens is 438 g/mol. The zero-order valence-corrected chi connectivity index (χ0v) is 18.9. The quantitative estimate of drug-likeness (QED) is 0.358. The molecule has 0 saturated heterocycles. The molecule has 176 valence electrons. The maximum Gasteiger partial charge on any atom is 0.342 e. The molecule has 3 rings (SSSR count). The van der Waals surface area contributed by atoms with Gasteiger partial charge in [0.25, 0.3) is 5.91 Å². The van der Waals surface area contributed by atoms with E-state index in [4.69, 9.17) is 18.9 Å².